The summed E-state index contributed by atoms with van der Waals surface area (Å²) in [6.07, 6.45) is 55.2. The van der Waals surface area contributed by atoms with Crippen molar-refractivity contribution in [2.75, 3.05) is 39.6 Å². The lowest BCUT2D eigenvalue weighted by Gasteiger charge is -2.21. The van der Waals surface area contributed by atoms with E-state index in [1.807, 2.05) is 0 Å². The monoisotopic (exact) mass is 1160 g/mol. The van der Waals surface area contributed by atoms with Crippen LogP contribution in [0.5, 0.6) is 0 Å². The van der Waals surface area contributed by atoms with Crippen LogP contribution in [-0.4, -0.2) is 95.9 Å². The number of aliphatic hydroxyl groups is 2. The van der Waals surface area contributed by atoms with Gasteiger partial charge in [0.2, 0.25) is 0 Å². The van der Waals surface area contributed by atoms with E-state index in [4.69, 9.17) is 32.3 Å². The predicted octanol–water partition coefficient (Wildman–Crippen LogP) is 15.4. The summed E-state index contributed by atoms with van der Waals surface area (Å²) >= 11 is 0. The first-order valence-corrected chi connectivity index (χ1v) is 32.9. The summed E-state index contributed by atoms with van der Waals surface area (Å²) in [6.45, 7) is 2.33. The largest absolute Gasteiger partial charge is 0.472 e. The molecule has 16 nitrogen and oxygen atoms in total. The van der Waals surface area contributed by atoms with Crippen LogP contribution < -0.4 is 0 Å². The first-order valence-electron chi connectivity index (χ1n) is 29.9. The minimum absolute atomic E-state index is 0.0895. The third-order valence-corrected chi connectivity index (χ3v) is 14.0. The fourth-order valence-electron chi connectivity index (χ4n) is 7.52. The number of phosphoric acid groups is 2. The second kappa shape index (κ2) is 55.3. The second-order valence-corrected chi connectivity index (χ2v) is 22.6. The van der Waals surface area contributed by atoms with Gasteiger partial charge in [-0.2, -0.15) is 0 Å². The Kier molecular flexibility index (Phi) is 53.0. The normalized spacial score (nSPS) is 15.1. The van der Waals surface area contributed by atoms with Crippen LogP contribution in [0.15, 0.2) is 85.1 Å². The topological polar surface area (TPSA) is 231 Å². The van der Waals surface area contributed by atoms with Crippen molar-refractivity contribution in [3.63, 3.8) is 0 Å². The van der Waals surface area contributed by atoms with Crippen LogP contribution in [0, 0.1) is 0 Å². The third-order valence-electron chi connectivity index (χ3n) is 12.1. The molecular weight excluding hydrogens is 1050 g/mol. The van der Waals surface area contributed by atoms with Gasteiger partial charge < -0.3 is 34.2 Å². The van der Waals surface area contributed by atoms with E-state index in [0.29, 0.717) is 19.3 Å². The van der Waals surface area contributed by atoms with E-state index >= 15 is 0 Å². The van der Waals surface area contributed by atoms with E-state index in [0.717, 1.165) is 154 Å². The molecule has 79 heavy (non-hydrogen) atoms. The molecule has 0 radical (unpaired) electrons. The zero-order chi connectivity index (χ0) is 58.2. The highest BCUT2D eigenvalue weighted by molar-refractivity contribution is 7.47. The van der Waals surface area contributed by atoms with Crippen molar-refractivity contribution < 1.29 is 75.8 Å². The number of carbonyl (C=O) groups excluding carboxylic acids is 3. The number of rotatable bonds is 56. The van der Waals surface area contributed by atoms with E-state index in [2.05, 4.69) is 106 Å². The maximum Gasteiger partial charge on any atom is 0.472 e. The van der Waals surface area contributed by atoms with Gasteiger partial charge in [0.05, 0.1) is 26.4 Å². The molecule has 0 saturated carbocycles. The Labute approximate surface area is 476 Å². The maximum absolute atomic E-state index is 12.8. The van der Waals surface area contributed by atoms with Crippen molar-refractivity contribution in [1.82, 2.24) is 0 Å². The first kappa shape index (κ1) is 75.7. The van der Waals surface area contributed by atoms with Gasteiger partial charge in [-0.3, -0.25) is 32.5 Å². The lowest BCUT2D eigenvalue weighted by molar-refractivity contribution is -0.161. The van der Waals surface area contributed by atoms with E-state index in [1.165, 1.54) is 12.8 Å². The molecule has 0 aliphatic rings. The first-order chi connectivity index (χ1) is 38.2. The molecule has 5 atom stereocenters. The number of unbranched alkanes of at least 4 members (excludes halogenated alkanes) is 19. The third kappa shape index (κ3) is 56.4. The standard InChI is InChI=1S/C61H106O16P2/c1-4-7-10-13-16-19-22-24-26-27-29-31-33-35-38-41-44-47-59(64)71-50-56(62)51-73-78(67,68)74-52-57(63)53-75-79(69,70)76-55-58(77-61(66)49-46-43-40-37-32-21-18-15-12-9-6-3)54-72-60(65)48-45-42-39-36-34-30-28-25-23-20-17-14-11-8-5-2/h7-8,10-11,15-20,24-26,28,56-58,62-63H,4-6,9,12-14,21-23,27,29-55H2,1-3H3,(H,67,68)(H,69,70)/b10-7-,11-8-,18-15-,19-16-,20-17-,26-24-,28-25-. The summed E-state index contributed by atoms with van der Waals surface area (Å²) in [4.78, 5) is 58.0. The van der Waals surface area contributed by atoms with Crippen molar-refractivity contribution >= 4 is 33.6 Å². The molecular formula is C61H106O16P2. The van der Waals surface area contributed by atoms with Gasteiger partial charge in [-0.05, 0) is 103 Å². The highest BCUT2D eigenvalue weighted by atomic mass is 31.2. The molecule has 0 aliphatic carbocycles. The van der Waals surface area contributed by atoms with Gasteiger partial charge in [-0.1, -0.05) is 189 Å². The van der Waals surface area contributed by atoms with Gasteiger partial charge in [-0.15, -0.1) is 0 Å². The average Bonchev–Trinajstić information content (AvgIpc) is 3.42. The molecule has 0 bridgehead atoms. The van der Waals surface area contributed by atoms with Crippen LogP contribution in [0.25, 0.3) is 0 Å². The number of hydrogen-bond acceptors (Lipinski definition) is 14. The molecule has 18 heteroatoms. The number of ether oxygens (including phenoxy) is 3. The Morgan fingerprint density at radius 1 is 0.367 bits per heavy atom. The summed E-state index contributed by atoms with van der Waals surface area (Å²) in [6, 6.07) is 0. The molecule has 0 amide bonds. The summed E-state index contributed by atoms with van der Waals surface area (Å²) in [5, 5.41) is 20.4. The van der Waals surface area contributed by atoms with Gasteiger partial charge in [0.25, 0.3) is 0 Å². The minimum atomic E-state index is -4.92. The maximum atomic E-state index is 12.8. The molecule has 456 valence electrons. The summed E-state index contributed by atoms with van der Waals surface area (Å²) < 4.78 is 60.5. The Morgan fingerprint density at radius 2 is 0.671 bits per heavy atom. The zero-order valence-corrected chi connectivity index (χ0v) is 50.6. The molecule has 0 spiro atoms. The molecule has 0 aromatic heterocycles. The molecule has 0 fully saturated rings. The van der Waals surface area contributed by atoms with Gasteiger partial charge in [0, 0.05) is 19.3 Å². The summed E-state index contributed by atoms with van der Waals surface area (Å²) in [5.41, 5.74) is 0. The molecule has 0 saturated heterocycles. The zero-order valence-electron chi connectivity index (χ0n) is 48.8. The fourth-order valence-corrected chi connectivity index (χ4v) is 9.10. The van der Waals surface area contributed by atoms with Gasteiger partial charge in [-0.25, -0.2) is 9.13 Å². The van der Waals surface area contributed by atoms with Gasteiger partial charge in [0.1, 0.15) is 25.4 Å². The fraction of sp³-hybridized carbons (Fsp3) is 0.721. The Balaban J connectivity index is 4.66. The van der Waals surface area contributed by atoms with Crippen molar-refractivity contribution in [2.24, 2.45) is 0 Å². The molecule has 0 aliphatic heterocycles. The summed E-state index contributed by atoms with van der Waals surface area (Å²) in [5.74, 6) is -1.62. The van der Waals surface area contributed by atoms with Gasteiger partial charge in [0.15, 0.2) is 6.10 Å². The van der Waals surface area contributed by atoms with E-state index < -0.39 is 91.5 Å². The number of aliphatic hydroxyl groups excluding tert-OH is 2. The smallest absolute Gasteiger partial charge is 0.463 e. The van der Waals surface area contributed by atoms with Crippen LogP contribution in [0.4, 0.5) is 0 Å². The van der Waals surface area contributed by atoms with Crippen LogP contribution in [0.3, 0.4) is 0 Å². The molecule has 0 aromatic rings. The van der Waals surface area contributed by atoms with Crippen LogP contribution in [0.1, 0.15) is 226 Å². The highest BCUT2D eigenvalue weighted by Gasteiger charge is 2.29. The number of allylic oxidation sites excluding steroid dienone is 14. The van der Waals surface area contributed by atoms with Gasteiger partial charge >= 0.3 is 33.6 Å². The quantitative estimate of drug-likeness (QED) is 0.0146. The van der Waals surface area contributed by atoms with E-state index in [9.17, 15) is 43.5 Å². The minimum Gasteiger partial charge on any atom is -0.463 e. The SMILES string of the molecule is CC/C=C\C/C=C\C/C=C\CCCCCCCCCC(=O)OCC(O)COP(=O)(O)OCC(O)COP(=O)(O)OCC(COC(=O)CCCCCCC/C=C\C/C=C\C/C=C\CC)OC(=O)CCCCCCC/C=C\CCCC. The van der Waals surface area contributed by atoms with Crippen molar-refractivity contribution in [3.05, 3.63) is 85.1 Å². The molecule has 5 unspecified atom stereocenters. The number of esters is 3. The lowest BCUT2D eigenvalue weighted by Crippen LogP contribution is -2.30. The number of carbonyl (C=O) groups is 3. The van der Waals surface area contributed by atoms with Crippen LogP contribution in [-0.2, 0) is 55.8 Å². The van der Waals surface area contributed by atoms with Crippen molar-refractivity contribution in [1.29, 1.82) is 0 Å². The molecule has 0 heterocycles. The highest BCUT2D eigenvalue weighted by Crippen LogP contribution is 2.45. The Morgan fingerprint density at radius 3 is 1.08 bits per heavy atom. The average molecular weight is 1160 g/mol. The van der Waals surface area contributed by atoms with Crippen LogP contribution >= 0.6 is 15.6 Å². The number of hydrogen-bond donors (Lipinski definition) is 4. The van der Waals surface area contributed by atoms with E-state index in [-0.39, 0.29) is 19.3 Å². The Bertz CT molecular complexity index is 1790. The number of phosphoric ester groups is 2. The molecule has 4 N–H and O–H groups in total. The van der Waals surface area contributed by atoms with Crippen molar-refractivity contribution in [2.45, 2.75) is 245 Å². The van der Waals surface area contributed by atoms with Crippen molar-refractivity contribution in [3.8, 4) is 0 Å². The Hall–Kier alpha value is -3.27. The lowest BCUT2D eigenvalue weighted by atomic mass is 10.1. The predicted molar refractivity (Wildman–Crippen MR) is 316 cm³/mol. The summed E-state index contributed by atoms with van der Waals surface area (Å²) in [7, 11) is -9.76. The molecule has 0 rings (SSSR count). The van der Waals surface area contributed by atoms with E-state index in [1.54, 1.807) is 0 Å². The van der Waals surface area contributed by atoms with Crippen LogP contribution in [0.2, 0.25) is 0 Å². The molecule has 0 aromatic carbocycles. The second-order valence-electron chi connectivity index (χ2n) is 19.7.